The summed E-state index contributed by atoms with van der Waals surface area (Å²) < 4.78 is 23.4. The molecule has 0 aliphatic heterocycles. The van der Waals surface area contributed by atoms with Gasteiger partial charge in [0, 0.05) is 6.07 Å². The van der Waals surface area contributed by atoms with E-state index >= 15 is 0 Å². The van der Waals surface area contributed by atoms with E-state index in [-0.39, 0.29) is 24.4 Å². The summed E-state index contributed by atoms with van der Waals surface area (Å²) in [5, 5.41) is 3.77. The summed E-state index contributed by atoms with van der Waals surface area (Å²) in [6.07, 6.45) is 0. The SMILES string of the molecule is CC(C)[C@H](N)c1nc(COc2cccc(F)c2)no1. The zero-order valence-corrected chi connectivity index (χ0v) is 10.8. The Kier molecular flexibility index (Phi) is 4.11. The van der Waals surface area contributed by atoms with E-state index < -0.39 is 0 Å². The fraction of sp³-hybridized carbons (Fsp3) is 0.385. The molecule has 102 valence electrons. The van der Waals surface area contributed by atoms with Crippen LogP contribution in [0, 0.1) is 11.7 Å². The molecular weight excluding hydrogens is 249 g/mol. The third-order valence-corrected chi connectivity index (χ3v) is 2.65. The smallest absolute Gasteiger partial charge is 0.243 e. The minimum Gasteiger partial charge on any atom is -0.485 e. The number of nitrogens with zero attached hydrogens (tertiary/aromatic N) is 2. The molecule has 0 fully saturated rings. The van der Waals surface area contributed by atoms with Crippen LogP contribution in [-0.2, 0) is 6.61 Å². The van der Waals surface area contributed by atoms with Crippen molar-refractivity contribution in [2.24, 2.45) is 11.7 Å². The van der Waals surface area contributed by atoms with Gasteiger partial charge in [0.15, 0.2) is 6.61 Å². The van der Waals surface area contributed by atoms with E-state index in [0.29, 0.717) is 17.5 Å². The van der Waals surface area contributed by atoms with Crippen LogP contribution in [-0.4, -0.2) is 10.1 Å². The van der Waals surface area contributed by atoms with Crippen LogP contribution in [0.4, 0.5) is 4.39 Å². The monoisotopic (exact) mass is 265 g/mol. The van der Waals surface area contributed by atoms with Crippen LogP contribution in [0.2, 0.25) is 0 Å². The maximum Gasteiger partial charge on any atom is 0.243 e. The van der Waals surface area contributed by atoms with Gasteiger partial charge >= 0.3 is 0 Å². The lowest BCUT2D eigenvalue weighted by Gasteiger charge is -2.09. The molecule has 0 bridgehead atoms. The minimum atomic E-state index is -0.354. The van der Waals surface area contributed by atoms with Crippen molar-refractivity contribution in [2.75, 3.05) is 0 Å². The zero-order valence-electron chi connectivity index (χ0n) is 10.8. The van der Waals surface area contributed by atoms with Gasteiger partial charge in [0.05, 0.1) is 6.04 Å². The number of benzene rings is 1. The average Bonchev–Trinajstić information content (AvgIpc) is 2.84. The Balaban J connectivity index is 1.97. The zero-order chi connectivity index (χ0) is 13.8. The van der Waals surface area contributed by atoms with Crippen LogP contribution in [0.1, 0.15) is 31.6 Å². The summed E-state index contributed by atoms with van der Waals surface area (Å²) in [6, 6.07) is 5.57. The molecule has 1 aromatic carbocycles. The van der Waals surface area contributed by atoms with Crippen molar-refractivity contribution in [3.05, 3.63) is 41.8 Å². The van der Waals surface area contributed by atoms with Gasteiger partial charge < -0.3 is 15.0 Å². The maximum atomic E-state index is 12.9. The first-order chi connectivity index (χ1) is 9.06. The van der Waals surface area contributed by atoms with Crippen molar-refractivity contribution in [1.29, 1.82) is 0 Å². The highest BCUT2D eigenvalue weighted by atomic mass is 19.1. The average molecular weight is 265 g/mol. The van der Waals surface area contributed by atoms with Gasteiger partial charge in [0.2, 0.25) is 11.7 Å². The Bertz CT molecular complexity index is 542. The summed E-state index contributed by atoms with van der Waals surface area (Å²) in [5.74, 6) is 1.04. The van der Waals surface area contributed by atoms with E-state index in [1.165, 1.54) is 12.1 Å². The van der Waals surface area contributed by atoms with Gasteiger partial charge in [0.25, 0.3) is 0 Å². The number of halogens is 1. The summed E-state index contributed by atoms with van der Waals surface area (Å²) >= 11 is 0. The molecule has 5 nitrogen and oxygen atoms in total. The molecule has 0 spiro atoms. The Hall–Kier alpha value is -1.95. The number of nitrogens with two attached hydrogens (primary N) is 1. The summed E-state index contributed by atoms with van der Waals surface area (Å²) in [7, 11) is 0. The fourth-order valence-electron chi connectivity index (χ4n) is 1.45. The first-order valence-corrected chi connectivity index (χ1v) is 6.02. The largest absolute Gasteiger partial charge is 0.485 e. The topological polar surface area (TPSA) is 74.2 Å². The molecule has 6 heteroatoms. The molecule has 2 rings (SSSR count). The van der Waals surface area contributed by atoms with E-state index in [1.54, 1.807) is 12.1 Å². The fourth-order valence-corrected chi connectivity index (χ4v) is 1.45. The predicted molar refractivity (Wildman–Crippen MR) is 66.8 cm³/mol. The highest BCUT2D eigenvalue weighted by Crippen LogP contribution is 2.17. The lowest BCUT2D eigenvalue weighted by molar-refractivity contribution is 0.280. The Morgan fingerprint density at radius 3 is 2.89 bits per heavy atom. The summed E-state index contributed by atoms with van der Waals surface area (Å²) in [6.45, 7) is 4.05. The van der Waals surface area contributed by atoms with E-state index in [2.05, 4.69) is 10.1 Å². The predicted octanol–water partition coefficient (Wildman–Crippen LogP) is 2.44. The summed E-state index contributed by atoms with van der Waals surface area (Å²) in [5.41, 5.74) is 5.89. The molecule has 1 aromatic heterocycles. The first kappa shape index (κ1) is 13.5. The van der Waals surface area contributed by atoms with E-state index in [4.69, 9.17) is 15.0 Å². The highest BCUT2D eigenvalue weighted by Gasteiger charge is 2.18. The maximum absolute atomic E-state index is 12.9. The summed E-state index contributed by atoms with van der Waals surface area (Å²) in [4.78, 5) is 4.15. The first-order valence-electron chi connectivity index (χ1n) is 6.02. The molecular formula is C13H16FN3O2. The van der Waals surface area contributed by atoms with Crippen LogP contribution in [0.3, 0.4) is 0 Å². The molecule has 19 heavy (non-hydrogen) atoms. The second kappa shape index (κ2) is 5.79. The Morgan fingerprint density at radius 1 is 1.42 bits per heavy atom. The molecule has 0 aliphatic rings. The molecule has 1 heterocycles. The molecule has 0 unspecified atom stereocenters. The molecule has 1 atom stereocenters. The van der Waals surface area contributed by atoms with E-state index in [1.807, 2.05) is 13.8 Å². The molecule has 0 radical (unpaired) electrons. The molecule has 0 saturated carbocycles. The van der Waals surface area contributed by atoms with Gasteiger partial charge in [-0.15, -0.1) is 0 Å². The van der Waals surface area contributed by atoms with Crippen molar-refractivity contribution < 1.29 is 13.7 Å². The molecule has 0 saturated heterocycles. The van der Waals surface area contributed by atoms with Gasteiger partial charge in [-0.3, -0.25) is 0 Å². The third-order valence-electron chi connectivity index (χ3n) is 2.65. The van der Waals surface area contributed by atoms with E-state index in [9.17, 15) is 4.39 Å². The third kappa shape index (κ3) is 3.51. The van der Waals surface area contributed by atoms with Crippen molar-refractivity contribution in [1.82, 2.24) is 10.1 Å². The highest BCUT2D eigenvalue weighted by molar-refractivity contribution is 5.22. The van der Waals surface area contributed by atoms with Crippen molar-refractivity contribution in [2.45, 2.75) is 26.5 Å². The Labute approximate surface area is 110 Å². The van der Waals surface area contributed by atoms with Crippen LogP contribution in [0.15, 0.2) is 28.8 Å². The number of ether oxygens (including phenoxy) is 1. The molecule has 2 N–H and O–H groups in total. The van der Waals surface area contributed by atoms with Crippen molar-refractivity contribution >= 4 is 0 Å². The molecule has 0 amide bonds. The quantitative estimate of drug-likeness (QED) is 0.898. The van der Waals surface area contributed by atoms with Gasteiger partial charge in [-0.05, 0) is 18.1 Å². The van der Waals surface area contributed by atoms with Crippen LogP contribution < -0.4 is 10.5 Å². The number of hydrogen-bond acceptors (Lipinski definition) is 5. The second-order valence-corrected chi connectivity index (χ2v) is 4.56. The van der Waals surface area contributed by atoms with E-state index in [0.717, 1.165) is 0 Å². The van der Waals surface area contributed by atoms with Gasteiger partial charge in [-0.1, -0.05) is 25.1 Å². The lowest BCUT2D eigenvalue weighted by Crippen LogP contribution is -2.17. The van der Waals surface area contributed by atoms with Gasteiger partial charge in [-0.25, -0.2) is 4.39 Å². The number of hydrogen-bond donors (Lipinski definition) is 1. The van der Waals surface area contributed by atoms with Crippen LogP contribution >= 0.6 is 0 Å². The number of aromatic nitrogens is 2. The van der Waals surface area contributed by atoms with Crippen molar-refractivity contribution in [3.8, 4) is 5.75 Å². The lowest BCUT2D eigenvalue weighted by atomic mass is 10.1. The van der Waals surface area contributed by atoms with Crippen molar-refractivity contribution in [3.63, 3.8) is 0 Å². The molecule has 0 aliphatic carbocycles. The van der Waals surface area contributed by atoms with Crippen LogP contribution in [0.25, 0.3) is 0 Å². The number of rotatable bonds is 5. The minimum absolute atomic E-state index is 0.109. The standard InChI is InChI=1S/C13H16FN3O2/c1-8(2)12(15)13-16-11(17-19-13)7-18-10-5-3-4-9(14)6-10/h3-6,8,12H,7,15H2,1-2H3/t12-/m0/s1. The van der Waals surface area contributed by atoms with Gasteiger partial charge in [0.1, 0.15) is 11.6 Å². The van der Waals surface area contributed by atoms with Crippen LogP contribution in [0.5, 0.6) is 5.75 Å². The normalized spacial score (nSPS) is 12.7. The second-order valence-electron chi connectivity index (χ2n) is 4.56. The molecule has 2 aromatic rings. The Morgan fingerprint density at radius 2 is 2.21 bits per heavy atom. The van der Waals surface area contributed by atoms with Gasteiger partial charge in [-0.2, -0.15) is 4.98 Å².